The lowest BCUT2D eigenvalue weighted by Gasteiger charge is -2.34. The number of nitriles is 1. The Hall–Kier alpha value is -3.85. The van der Waals surface area contributed by atoms with Gasteiger partial charge >= 0.3 is 6.18 Å². The van der Waals surface area contributed by atoms with E-state index in [1.54, 1.807) is 29.0 Å². The number of fused-ring (bicyclic) bond motifs is 2. The third kappa shape index (κ3) is 4.79. The Labute approximate surface area is 210 Å². The van der Waals surface area contributed by atoms with Gasteiger partial charge in [0.25, 0.3) is 5.91 Å². The molecule has 1 saturated heterocycles. The number of pyridine rings is 1. The summed E-state index contributed by atoms with van der Waals surface area (Å²) in [4.78, 5) is 17.5. The number of aromatic nitrogens is 2. The van der Waals surface area contributed by atoms with Crippen LogP contribution in [0.15, 0.2) is 30.6 Å². The number of hydrogen-bond donors (Lipinski definition) is 0. The van der Waals surface area contributed by atoms with Gasteiger partial charge in [0.2, 0.25) is 0 Å². The Morgan fingerprint density at radius 3 is 2.57 bits per heavy atom. The standard InChI is InChI=1S/C25H24F4N6O2/c1-37-22-11-17(10-16-2-4-34(15-25(27,28)29)24(36)23(16)22)18-13-31-35-14-21(19(26)12-20(18)35)33-8-6-32(5-3-30)7-9-33/h10-14H,2,4-9,15H2,1H3. The lowest BCUT2D eigenvalue weighted by molar-refractivity contribution is -0.141. The molecule has 1 aromatic carbocycles. The molecule has 3 aromatic rings. The summed E-state index contributed by atoms with van der Waals surface area (Å²) in [6, 6.07) is 6.84. The first-order valence-electron chi connectivity index (χ1n) is 11.8. The molecular formula is C25H24F4N6O2. The maximum atomic E-state index is 15.3. The van der Waals surface area contributed by atoms with Gasteiger partial charge in [0.05, 0.1) is 48.9 Å². The van der Waals surface area contributed by atoms with Crippen LogP contribution in [-0.2, 0) is 6.42 Å². The van der Waals surface area contributed by atoms with E-state index in [-0.39, 0.29) is 24.3 Å². The van der Waals surface area contributed by atoms with Crippen LogP contribution < -0.4 is 9.64 Å². The van der Waals surface area contributed by atoms with Crippen molar-refractivity contribution in [1.29, 1.82) is 5.26 Å². The molecule has 0 saturated carbocycles. The van der Waals surface area contributed by atoms with E-state index in [2.05, 4.69) is 11.2 Å². The average molecular weight is 516 g/mol. The average Bonchev–Trinajstić information content (AvgIpc) is 3.27. The minimum Gasteiger partial charge on any atom is -0.496 e. The van der Waals surface area contributed by atoms with Crippen LogP contribution in [0.2, 0.25) is 0 Å². The molecule has 2 aliphatic rings. The minimum absolute atomic E-state index is 0.0632. The molecule has 5 rings (SSSR count). The molecular weight excluding hydrogens is 492 g/mol. The highest BCUT2D eigenvalue weighted by Gasteiger charge is 2.37. The van der Waals surface area contributed by atoms with Crippen molar-refractivity contribution in [3.05, 3.63) is 47.5 Å². The number of alkyl halides is 3. The number of methoxy groups -OCH3 is 1. The topological polar surface area (TPSA) is 77.1 Å². The summed E-state index contributed by atoms with van der Waals surface area (Å²) in [6.07, 6.45) is -1.05. The number of benzene rings is 1. The van der Waals surface area contributed by atoms with Gasteiger partial charge in [-0.15, -0.1) is 0 Å². The van der Waals surface area contributed by atoms with Crippen LogP contribution in [0.4, 0.5) is 23.2 Å². The molecule has 0 radical (unpaired) electrons. The summed E-state index contributed by atoms with van der Waals surface area (Å²) in [5, 5.41) is 13.3. The smallest absolute Gasteiger partial charge is 0.406 e. The highest BCUT2D eigenvalue weighted by molar-refractivity contribution is 6.00. The molecule has 4 heterocycles. The molecule has 2 aliphatic heterocycles. The Bertz CT molecular complexity index is 1370. The predicted molar refractivity (Wildman–Crippen MR) is 127 cm³/mol. The molecule has 0 N–H and O–H groups in total. The first kappa shape index (κ1) is 24.8. The lowest BCUT2D eigenvalue weighted by atomic mass is 9.93. The van der Waals surface area contributed by atoms with Crippen LogP contribution in [0.25, 0.3) is 16.6 Å². The van der Waals surface area contributed by atoms with Gasteiger partial charge in [0.1, 0.15) is 18.1 Å². The number of carbonyl (C=O) groups is 1. The Morgan fingerprint density at radius 2 is 1.89 bits per heavy atom. The molecule has 0 aliphatic carbocycles. The second-order valence-corrected chi connectivity index (χ2v) is 9.12. The number of amides is 1. The molecule has 1 amide bonds. The molecule has 0 spiro atoms. The van der Waals surface area contributed by atoms with E-state index in [0.717, 1.165) is 4.90 Å². The fraction of sp³-hybridized carbons (Fsp3) is 0.400. The van der Waals surface area contributed by atoms with E-state index in [0.29, 0.717) is 60.6 Å². The Kier molecular flexibility index (Phi) is 6.41. The van der Waals surface area contributed by atoms with E-state index >= 15 is 4.39 Å². The fourth-order valence-corrected chi connectivity index (χ4v) is 5.00. The molecule has 2 aromatic heterocycles. The predicted octanol–water partition coefficient (Wildman–Crippen LogP) is 3.36. The van der Waals surface area contributed by atoms with Crippen molar-refractivity contribution in [3.8, 4) is 22.9 Å². The summed E-state index contributed by atoms with van der Waals surface area (Å²) < 4.78 is 61.0. The van der Waals surface area contributed by atoms with Gasteiger partial charge in [-0.25, -0.2) is 8.91 Å². The molecule has 37 heavy (non-hydrogen) atoms. The number of nitrogens with zero attached hydrogens (tertiary/aromatic N) is 6. The number of carbonyl (C=O) groups excluding carboxylic acids is 1. The summed E-state index contributed by atoms with van der Waals surface area (Å²) in [6.45, 7) is 1.44. The first-order chi connectivity index (χ1) is 17.7. The monoisotopic (exact) mass is 516 g/mol. The molecule has 1 fully saturated rings. The number of hydrogen-bond acceptors (Lipinski definition) is 6. The van der Waals surface area contributed by atoms with Crippen molar-refractivity contribution in [1.82, 2.24) is 19.4 Å². The number of anilines is 1. The Morgan fingerprint density at radius 1 is 1.14 bits per heavy atom. The molecule has 8 nitrogen and oxygen atoms in total. The van der Waals surface area contributed by atoms with Crippen LogP contribution in [0.5, 0.6) is 5.75 Å². The fourth-order valence-electron chi connectivity index (χ4n) is 5.00. The summed E-state index contributed by atoms with van der Waals surface area (Å²) in [5.74, 6) is -0.977. The van der Waals surface area contributed by atoms with Crippen LogP contribution in [0.3, 0.4) is 0 Å². The number of ether oxygens (including phenoxy) is 1. The highest BCUT2D eigenvalue weighted by atomic mass is 19.4. The molecule has 194 valence electrons. The zero-order valence-electron chi connectivity index (χ0n) is 20.1. The minimum atomic E-state index is -4.50. The van der Waals surface area contributed by atoms with Crippen molar-refractivity contribution in [2.24, 2.45) is 0 Å². The van der Waals surface area contributed by atoms with E-state index < -0.39 is 24.4 Å². The Balaban J connectivity index is 1.46. The van der Waals surface area contributed by atoms with E-state index in [4.69, 9.17) is 10.00 Å². The molecule has 0 atom stereocenters. The SMILES string of the molecule is COc1cc(-c2cnn3cc(N4CCN(CC#N)CC4)c(F)cc23)cc2c1C(=O)N(CC(F)(F)F)CC2. The summed E-state index contributed by atoms with van der Waals surface area (Å²) in [5.41, 5.74) is 2.84. The number of rotatable bonds is 5. The van der Waals surface area contributed by atoms with Gasteiger partial charge in [0, 0.05) is 44.4 Å². The first-order valence-corrected chi connectivity index (χ1v) is 11.8. The maximum absolute atomic E-state index is 15.3. The summed E-state index contributed by atoms with van der Waals surface area (Å²) in [7, 11) is 1.35. The van der Waals surface area contributed by atoms with E-state index in [9.17, 15) is 18.0 Å². The van der Waals surface area contributed by atoms with Crippen LogP contribution >= 0.6 is 0 Å². The third-order valence-corrected chi connectivity index (χ3v) is 6.83. The number of halogens is 4. The van der Waals surface area contributed by atoms with Gasteiger partial charge in [-0.05, 0) is 29.7 Å². The van der Waals surface area contributed by atoms with Crippen molar-refractivity contribution in [2.45, 2.75) is 12.6 Å². The van der Waals surface area contributed by atoms with Crippen molar-refractivity contribution < 1.29 is 27.1 Å². The van der Waals surface area contributed by atoms with Gasteiger partial charge in [-0.2, -0.15) is 23.5 Å². The van der Waals surface area contributed by atoms with Crippen LogP contribution in [-0.4, -0.2) is 84.4 Å². The van der Waals surface area contributed by atoms with Crippen molar-refractivity contribution in [3.63, 3.8) is 0 Å². The number of piperazine rings is 1. The van der Waals surface area contributed by atoms with Crippen LogP contribution in [0.1, 0.15) is 15.9 Å². The second kappa shape index (κ2) is 9.55. The molecule has 0 bridgehead atoms. The van der Waals surface area contributed by atoms with Gasteiger partial charge in [-0.3, -0.25) is 9.69 Å². The quantitative estimate of drug-likeness (QED) is 0.383. The zero-order chi connectivity index (χ0) is 26.3. The van der Waals surface area contributed by atoms with Gasteiger partial charge in [-0.1, -0.05) is 0 Å². The highest BCUT2D eigenvalue weighted by Crippen LogP contribution is 2.37. The summed E-state index contributed by atoms with van der Waals surface area (Å²) >= 11 is 0. The second-order valence-electron chi connectivity index (χ2n) is 9.12. The van der Waals surface area contributed by atoms with Crippen molar-refractivity contribution in [2.75, 3.05) is 57.8 Å². The van der Waals surface area contributed by atoms with E-state index in [1.807, 2.05) is 9.80 Å². The van der Waals surface area contributed by atoms with Gasteiger partial charge < -0.3 is 14.5 Å². The maximum Gasteiger partial charge on any atom is 0.406 e. The largest absolute Gasteiger partial charge is 0.496 e. The normalized spacial score (nSPS) is 16.7. The van der Waals surface area contributed by atoms with Crippen molar-refractivity contribution >= 4 is 17.1 Å². The van der Waals surface area contributed by atoms with E-state index in [1.165, 1.54) is 13.2 Å². The molecule has 12 heteroatoms. The zero-order valence-corrected chi connectivity index (χ0v) is 20.1. The lowest BCUT2D eigenvalue weighted by Crippen LogP contribution is -2.46. The molecule has 0 unspecified atom stereocenters. The van der Waals surface area contributed by atoms with Crippen LogP contribution in [0, 0.1) is 17.1 Å². The third-order valence-electron chi connectivity index (χ3n) is 6.83. The van der Waals surface area contributed by atoms with Gasteiger partial charge in [0.15, 0.2) is 0 Å².